The van der Waals surface area contributed by atoms with Gasteiger partial charge in [-0.2, -0.15) is 0 Å². The van der Waals surface area contributed by atoms with Crippen molar-refractivity contribution < 1.29 is 0 Å². The first kappa shape index (κ1) is 10.9. The highest BCUT2D eigenvalue weighted by Crippen LogP contribution is 2.24. The summed E-state index contributed by atoms with van der Waals surface area (Å²) in [5, 5.41) is 7.86. The Kier molecular flexibility index (Phi) is 3.57. The average Bonchev–Trinajstić information content (AvgIpc) is 2.91. The third-order valence-electron chi connectivity index (χ3n) is 2.44. The first-order chi connectivity index (χ1) is 7.27. The lowest BCUT2D eigenvalue weighted by Crippen LogP contribution is -2.20. The van der Waals surface area contributed by atoms with Gasteiger partial charge in [0, 0.05) is 21.8 Å². The van der Waals surface area contributed by atoms with Crippen molar-refractivity contribution in [3.63, 3.8) is 0 Å². The summed E-state index contributed by atoms with van der Waals surface area (Å²) in [5.74, 6) is 0. The van der Waals surface area contributed by atoms with E-state index >= 15 is 0 Å². The van der Waals surface area contributed by atoms with E-state index in [0.717, 1.165) is 0 Å². The molecule has 2 rings (SSSR count). The Bertz CT molecular complexity index is 339. The van der Waals surface area contributed by atoms with Gasteiger partial charge in [-0.15, -0.1) is 22.7 Å². The molecule has 0 spiro atoms. The molecule has 0 bridgehead atoms. The summed E-state index contributed by atoms with van der Waals surface area (Å²) in [4.78, 5) is 2.80. The zero-order valence-electron chi connectivity index (χ0n) is 8.94. The SMILES string of the molecule is C[C@@H](N[C@H](C)c1cccs1)c1cccs1. The molecule has 2 aromatic heterocycles. The number of nitrogens with one attached hydrogen (secondary N) is 1. The average molecular weight is 237 g/mol. The Labute approximate surface area is 98.8 Å². The Balaban J connectivity index is 1.98. The molecule has 0 amide bonds. The smallest absolute Gasteiger partial charge is 0.0391 e. The first-order valence-electron chi connectivity index (χ1n) is 5.10. The molecule has 1 N–H and O–H groups in total. The van der Waals surface area contributed by atoms with E-state index in [4.69, 9.17) is 0 Å². The van der Waals surface area contributed by atoms with E-state index in [1.54, 1.807) is 0 Å². The van der Waals surface area contributed by atoms with Gasteiger partial charge in [0.25, 0.3) is 0 Å². The van der Waals surface area contributed by atoms with Gasteiger partial charge < -0.3 is 5.32 Å². The van der Waals surface area contributed by atoms with Crippen LogP contribution in [-0.2, 0) is 0 Å². The maximum atomic E-state index is 3.61. The molecule has 2 heterocycles. The topological polar surface area (TPSA) is 12.0 Å². The highest BCUT2D eigenvalue weighted by molar-refractivity contribution is 7.10. The monoisotopic (exact) mass is 237 g/mol. The molecular formula is C12H15NS2. The molecule has 3 heteroatoms. The minimum atomic E-state index is 0.432. The highest BCUT2D eigenvalue weighted by atomic mass is 32.1. The van der Waals surface area contributed by atoms with Crippen LogP contribution in [0.3, 0.4) is 0 Å². The maximum Gasteiger partial charge on any atom is 0.0391 e. The van der Waals surface area contributed by atoms with Crippen molar-refractivity contribution in [2.75, 3.05) is 0 Å². The molecule has 1 nitrogen and oxygen atoms in total. The van der Waals surface area contributed by atoms with Gasteiger partial charge in [-0.1, -0.05) is 12.1 Å². The fourth-order valence-electron chi connectivity index (χ4n) is 1.61. The van der Waals surface area contributed by atoms with E-state index in [2.05, 4.69) is 54.2 Å². The molecule has 0 fully saturated rings. The highest BCUT2D eigenvalue weighted by Gasteiger charge is 2.11. The van der Waals surface area contributed by atoms with Gasteiger partial charge in [-0.25, -0.2) is 0 Å². The third kappa shape index (κ3) is 2.68. The van der Waals surface area contributed by atoms with Crippen LogP contribution in [0, 0.1) is 0 Å². The van der Waals surface area contributed by atoms with E-state index < -0.39 is 0 Å². The minimum Gasteiger partial charge on any atom is -0.302 e. The van der Waals surface area contributed by atoms with Crippen LogP contribution < -0.4 is 5.32 Å². The van der Waals surface area contributed by atoms with Crippen molar-refractivity contribution in [2.24, 2.45) is 0 Å². The Morgan fingerprint density at radius 3 is 1.73 bits per heavy atom. The summed E-state index contributed by atoms with van der Waals surface area (Å²) in [5.41, 5.74) is 0. The lowest BCUT2D eigenvalue weighted by Gasteiger charge is -2.17. The van der Waals surface area contributed by atoms with Crippen LogP contribution in [0.5, 0.6) is 0 Å². The Morgan fingerprint density at radius 1 is 0.933 bits per heavy atom. The lowest BCUT2D eigenvalue weighted by molar-refractivity contribution is 0.506. The molecule has 0 radical (unpaired) electrons. The van der Waals surface area contributed by atoms with Crippen molar-refractivity contribution >= 4 is 22.7 Å². The zero-order valence-corrected chi connectivity index (χ0v) is 10.6. The summed E-state index contributed by atoms with van der Waals surface area (Å²) >= 11 is 3.62. The second kappa shape index (κ2) is 4.92. The van der Waals surface area contributed by atoms with Crippen molar-refractivity contribution in [1.82, 2.24) is 5.32 Å². The Hall–Kier alpha value is -0.640. The van der Waals surface area contributed by atoms with Crippen LogP contribution >= 0.6 is 22.7 Å². The largest absolute Gasteiger partial charge is 0.302 e. The number of hydrogen-bond donors (Lipinski definition) is 1. The number of rotatable bonds is 4. The maximum absolute atomic E-state index is 3.61. The molecule has 0 aromatic carbocycles. The van der Waals surface area contributed by atoms with Crippen LogP contribution in [0.4, 0.5) is 0 Å². The molecule has 0 aliphatic heterocycles. The fourth-order valence-corrected chi connectivity index (χ4v) is 3.10. The van der Waals surface area contributed by atoms with Gasteiger partial charge in [0.05, 0.1) is 0 Å². The first-order valence-corrected chi connectivity index (χ1v) is 6.86. The van der Waals surface area contributed by atoms with Crippen molar-refractivity contribution in [1.29, 1.82) is 0 Å². The van der Waals surface area contributed by atoms with Crippen LogP contribution in [0.1, 0.15) is 35.7 Å². The normalized spacial score (nSPS) is 15.1. The molecule has 0 aliphatic rings. The molecule has 2 aromatic rings. The van der Waals surface area contributed by atoms with E-state index in [-0.39, 0.29) is 0 Å². The van der Waals surface area contributed by atoms with Gasteiger partial charge in [-0.3, -0.25) is 0 Å². The Morgan fingerprint density at radius 2 is 1.40 bits per heavy atom. The zero-order chi connectivity index (χ0) is 10.7. The van der Waals surface area contributed by atoms with Crippen LogP contribution in [0.15, 0.2) is 35.0 Å². The molecule has 0 unspecified atom stereocenters. The standard InChI is InChI=1S/C12H15NS2/c1-9(11-5-3-7-14-11)13-10(2)12-6-4-8-15-12/h3-10,13H,1-2H3/t9-,10-/m1/s1. The molecule has 0 saturated carbocycles. The van der Waals surface area contributed by atoms with E-state index in [1.165, 1.54) is 9.75 Å². The van der Waals surface area contributed by atoms with Gasteiger partial charge in [0.1, 0.15) is 0 Å². The lowest BCUT2D eigenvalue weighted by atomic mass is 10.2. The minimum absolute atomic E-state index is 0.432. The summed E-state index contributed by atoms with van der Waals surface area (Å²) in [6, 6.07) is 9.44. The van der Waals surface area contributed by atoms with Crippen LogP contribution in [0.25, 0.3) is 0 Å². The predicted octanol–water partition coefficient (Wildman–Crippen LogP) is 4.22. The second-order valence-corrected chi connectivity index (χ2v) is 5.60. The third-order valence-corrected chi connectivity index (χ3v) is 4.55. The number of thiophene rings is 2. The van der Waals surface area contributed by atoms with E-state index in [9.17, 15) is 0 Å². The van der Waals surface area contributed by atoms with E-state index in [1.807, 2.05) is 22.7 Å². The molecule has 2 atom stereocenters. The summed E-state index contributed by atoms with van der Waals surface area (Å²) in [7, 11) is 0. The second-order valence-electron chi connectivity index (χ2n) is 3.64. The quantitative estimate of drug-likeness (QED) is 0.839. The predicted molar refractivity (Wildman–Crippen MR) is 68.6 cm³/mol. The van der Waals surface area contributed by atoms with E-state index in [0.29, 0.717) is 12.1 Å². The summed E-state index contributed by atoms with van der Waals surface area (Å²) in [6.45, 7) is 4.44. The van der Waals surface area contributed by atoms with Gasteiger partial charge in [0.2, 0.25) is 0 Å². The van der Waals surface area contributed by atoms with Crippen LogP contribution in [-0.4, -0.2) is 0 Å². The van der Waals surface area contributed by atoms with Gasteiger partial charge in [0.15, 0.2) is 0 Å². The fraction of sp³-hybridized carbons (Fsp3) is 0.333. The molecule has 15 heavy (non-hydrogen) atoms. The number of hydrogen-bond acceptors (Lipinski definition) is 3. The van der Waals surface area contributed by atoms with Crippen molar-refractivity contribution in [2.45, 2.75) is 25.9 Å². The van der Waals surface area contributed by atoms with Gasteiger partial charge >= 0.3 is 0 Å². The molecule has 0 aliphatic carbocycles. The van der Waals surface area contributed by atoms with Crippen molar-refractivity contribution in [3.05, 3.63) is 44.8 Å². The molecule has 0 saturated heterocycles. The van der Waals surface area contributed by atoms with Crippen LogP contribution in [0.2, 0.25) is 0 Å². The van der Waals surface area contributed by atoms with Gasteiger partial charge in [-0.05, 0) is 36.7 Å². The summed E-state index contributed by atoms with van der Waals surface area (Å²) in [6.07, 6.45) is 0. The molecular weight excluding hydrogens is 222 g/mol. The molecule has 80 valence electrons. The summed E-state index contributed by atoms with van der Waals surface area (Å²) < 4.78 is 0. The van der Waals surface area contributed by atoms with Crippen molar-refractivity contribution in [3.8, 4) is 0 Å².